The summed E-state index contributed by atoms with van der Waals surface area (Å²) < 4.78 is 12.0. The van der Waals surface area contributed by atoms with Gasteiger partial charge in [-0.1, -0.05) is 0 Å². The zero-order chi connectivity index (χ0) is 14.0. The molecule has 0 bridgehead atoms. The first-order valence-corrected chi connectivity index (χ1v) is 7.68. The van der Waals surface area contributed by atoms with Gasteiger partial charge < -0.3 is 9.47 Å². The second-order valence-corrected chi connectivity index (χ2v) is 7.42. The minimum atomic E-state index is -0.0778. The quantitative estimate of drug-likeness (QED) is 0.701. The van der Waals surface area contributed by atoms with Crippen molar-refractivity contribution in [2.75, 3.05) is 14.2 Å². The van der Waals surface area contributed by atoms with Gasteiger partial charge in [0.05, 0.1) is 21.8 Å². The molecule has 100 valence electrons. The average molecular weight is 406 g/mol. The lowest BCUT2D eigenvalue weighted by molar-refractivity contribution is 0.103. The Labute approximate surface area is 131 Å². The highest BCUT2D eigenvalue weighted by molar-refractivity contribution is 9.12. The van der Waals surface area contributed by atoms with Gasteiger partial charge in [-0.2, -0.15) is 0 Å². The third-order valence-electron chi connectivity index (χ3n) is 2.51. The van der Waals surface area contributed by atoms with Crippen molar-refractivity contribution in [3.63, 3.8) is 0 Å². The maximum absolute atomic E-state index is 12.5. The minimum absolute atomic E-state index is 0.0778. The average Bonchev–Trinajstić information content (AvgIpc) is 2.76. The first-order valence-electron chi connectivity index (χ1n) is 5.27. The van der Waals surface area contributed by atoms with Gasteiger partial charge in [0.25, 0.3) is 0 Å². The van der Waals surface area contributed by atoms with Gasteiger partial charge in [0.1, 0.15) is 11.5 Å². The van der Waals surface area contributed by atoms with Crippen molar-refractivity contribution in [2.24, 2.45) is 0 Å². The van der Waals surface area contributed by atoms with Crippen LogP contribution in [0.5, 0.6) is 11.5 Å². The van der Waals surface area contributed by atoms with Gasteiger partial charge in [-0.3, -0.25) is 4.79 Å². The summed E-state index contributed by atoms with van der Waals surface area (Å²) >= 11 is 8.22. The summed E-state index contributed by atoms with van der Waals surface area (Å²) in [5.74, 6) is 1.10. The molecule has 2 aromatic rings. The molecule has 0 fully saturated rings. The standard InChI is InChI=1S/C13H10Br2O3S/c1-17-8-3-7(4-9(5-8)18-2)12(16)10-6-11(14)19-13(10)15/h3-6H,1-2H3. The Kier molecular flexibility index (Phi) is 4.65. The fourth-order valence-electron chi connectivity index (χ4n) is 1.59. The molecule has 0 aliphatic carbocycles. The zero-order valence-electron chi connectivity index (χ0n) is 10.2. The van der Waals surface area contributed by atoms with Gasteiger partial charge in [-0.05, 0) is 50.1 Å². The van der Waals surface area contributed by atoms with Crippen LogP contribution in [0.1, 0.15) is 15.9 Å². The molecule has 0 N–H and O–H groups in total. The summed E-state index contributed by atoms with van der Waals surface area (Å²) in [6.07, 6.45) is 0. The highest BCUT2D eigenvalue weighted by atomic mass is 79.9. The number of ketones is 1. The number of carbonyl (C=O) groups is 1. The van der Waals surface area contributed by atoms with Gasteiger partial charge >= 0.3 is 0 Å². The Hall–Kier alpha value is -0.850. The number of benzene rings is 1. The van der Waals surface area contributed by atoms with Crippen molar-refractivity contribution in [2.45, 2.75) is 0 Å². The van der Waals surface area contributed by atoms with Gasteiger partial charge in [0.2, 0.25) is 0 Å². The van der Waals surface area contributed by atoms with Crippen LogP contribution in [0.15, 0.2) is 31.8 Å². The summed E-state index contributed by atoms with van der Waals surface area (Å²) in [7, 11) is 3.11. The van der Waals surface area contributed by atoms with Gasteiger partial charge in [0.15, 0.2) is 5.78 Å². The second kappa shape index (κ2) is 6.07. The summed E-state index contributed by atoms with van der Waals surface area (Å²) in [5.41, 5.74) is 1.15. The van der Waals surface area contributed by atoms with Crippen LogP contribution in [-0.4, -0.2) is 20.0 Å². The van der Waals surface area contributed by atoms with E-state index in [9.17, 15) is 4.79 Å². The van der Waals surface area contributed by atoms with E-state index in [-0.39, 0.29) is 5.78 Å². The van der Waals surface area contributed by atoms with Crippen molar-refractivity contribution in [3.05, 3.63) is 43.0 Å². The third kappa shape index (κ3) is 3.19. The normalized spacial score (nSPS) is 10.3. The molecule has 0 aliphatic rings. The van der Waals surface area contributed by atoms with Crippen LogP contribution in [0, 0.1) is 0 Å². The number of halogens is 2. The van der Waals surface area contributed by atoms with E-state index in [1.807, 2.05) is 0 Å². The van der Waals surface area contributed by atoms with E-state index in [2.05, 4.69) is 31.9 Å². The summed E-state index contributed by atoms with van der Waals surface area (Å²) in [6.45, 7) is 0. The third-order valence-corrected chi connectivity index (χ3v) is 4.85. The molecular weight excluding hydrogens is 396 g/mol. The number of rotatable bonds is 4. The van der Waals surface area contributed by atoms with Crippen molar-refractivity contribution in [3.8, 4) is 11.5 Å². The van der Waals surface area contributed by atoms with Crippen LogP contribution in [0.25, 0.3) is 0 Å². The first-order chi connectivity index (χ1) is 9.05. The monoisotopic (exact) mass is 404 g/mol. The number of ether oxygens (including phenoxy) is 2. The van der Waals surface area contributed by atoms with E-state index in [1.165, 1.54) is 11.3 Å². The topological polar surface area (TPSA) is 35.5 Å². The number of hydrogen-bond acceptors (Lipinski definition) is 4. The molecular formula is C13H10Br2O3S. The zero-order valence-corrected chi connectivity index (χ0v) is 14.2. The Morgan fingerprint density at radius 2 is 1.63 bits per heavy atom. The molecule has 0 unspecified atom stereocenters. The van der Waals surface area contributed by atoms with Crippen LogP contribution in [0.2, 0.25) is 0 Å². The number of methoxy groups -OCH3 is 2. The minimum Gasteiger partial charge on any atom is -0.497 e. The second-order valence-electron chi connectivity index (χ2n) is 3.67. The van der Waals surface area contributed by atoms with Crippen molar-refractivity contribution in [1.82, 2.24) is 0 Å². The molecule has 6 heteroatoms. The molecule has 0 saturated carbocycles. The van der Waals surface area contributed by atoms with E-state index in [4.69, 9.17) is 9.47 Å². The van der Waals surface area contributed by atoms with E-state index >= 15 is 0 Å². The molecule has 0 amide bonds. The van der Waals surface area contributed by atoms with Crippen LogP contribution in [0.3, 0.4) is 0 Å². The van der Waals surface area contributed by atoms with Crippen molar-refractivity contribution < 1.29 is 14.3 Å². The van der Waals surface area contributed by atoms with Crippen molar-refractivity contribution in [1.29, 1.82) is 0 Å². The van der Waals surface area contributed by atoms with Gasteiger partial charge in [-0.25, -0.2) is 0 Å². The summed E-state index contributed by atoms with van der Waals surface area (Å²) in [6, 6.07) is 6.92. The summed E-state index contributed by atoms with van der Waals surface area (Å²) in [5, 5.41) is 0. The maximum atomic E-state index is 12.5. The van der Waals surface area contributed by atoms with E-state index in [1.54, 1.807) is 38.5 Å². The lowest BCUT2D eigenvalue weighted by Crippen LogP contribution is -2.01. The van der Waals surface area contributed by atoms with Gasteiger partial charge in [0, 0.05) is 17.2 Å². The fraction of sp³-hybridized carbons (Fsp3) is 0.154. The molecule has 1 heterocycles. The molecule has 0 saturated heterocycles. The number of hydrogen-bond donors (Lipinski definition) is 0. The number of thiophene rings is 1. The number of carbonyl (C=O) groups excluding carboxylic acids is 1. The lowest BCUT2D eigenvalue weighted by Gasteiger charge is -2.07. The van der Waals surface area contributed by atoms with Crippen LogP contribution in [-0.2, 0) is 0 Å². The molecule has 19 heavy (non-hydrogen) atoms. The molecule has 3 nitrogen and oxygen atoms in total. The summed E-state index contributed by atoms with van der Waals surface area (Å²) in [4.78, 5) is 12.5. The predicted octanol–water partition coefficient (Wildman–Crippen LogP) is 4.52. The molecule has 2 rings (SSSR count). The largest absolute Gasteiger partial charge is 0.497 e. The highest BCUT2D eigenvalue weighted by Crippen LogP contribution is 2.34. The molecule has 1 aromatic heterocycles. The van der Waals surface area contributed by atoms with E-state index < -0.39 is 0 Å². The fourth-order valence-corrected chi connectivity index (χ4v) is 4.38. The SMILES string of the molecule is COc1cc(OC)cc(C(=O)c2cc(Br)sc2Br)c1. The Morgan fingerprint density at radius 3 is 2.05 bits per heavy atom. The molecule has 1 aromatic carbocycles. The Bertz CT molecular complexity index is 600. The van der Waals surface area contributed by atoms with Crippen LogP contribution >= 0.6 is 43.2 Å². The first kappa shape index (κ1) is 14.6. The molecule has 0 aliphatic heterocycles. The maximum Gasteiger partial charge on any atom is 0.195 e. The smallest absolute Gasteiger partial charge is 0.195 e. The molecule has 0 atom stereocenters. The van der Waals surface area contributed by atoms with E-state index in [0.717, 1.165) is 7.57 Å². The Morgan fingerprint density at radius 1 is 1.05 bits per heavy atom. The van der Waals surface area contributed by atoms with Crippen LogP contribution in [0.4, 0.5) is 0 Å². The molecule has 0 radical (unpaired) electrons. The van der Waals surface area contributed by atoms with E-state index in [0.29, 0.717) is 22.6 Å². The molecule has 0 spiro atoms. The lowest BCUT2D eigenvalue weighted by atomic mass is 10.1. The van der Waals surface area contributed by atoms with Crippen LogP contribution < -0.4 is 9.47 Å². The predicted molar refractivity (Wildman–Crippen MR) is 82.7 cm³/mol. The highest BCUT2D eigenvalue weighted by Gasteiger charge is 2.17. The van der Waals surface area contributed by atoms with Gasteiger partial charge in [-0.15, -0.1) is 11.3 Å². The Balaban J connectivity index is 2.46. The van der Waals surface area contributed by atoms with Crippen molar-refractivity contribution >= 4 is 49.0 Å².